The molecule has 1 fully saturated rings. The highest BCUT2D eigenvalue weighted by molar-refractivity contribution is 7.91. The van der Waals surface area contributed by atoms with Crippen LogP contribution in [0.3, 0.4) is 0 Å². The van der Waals surface area contributed by atoms with Gasteiger partial charge in [-0.2, -0.15) is 0 Å². The van der Waals surface area contributed by atoms with Crippen molar-refractivity contribution in [3.8, 4) is 0 Å². The van der Waals surface area contributed by atoms with Crippen LogP contribution in [-0.2, 0) is 9.84 Å². The molecule has 1 aromatic rings. The molecule has 0 amide bonds. The zero-order chi connectivity index (χ0) is 16.0. The lowest BCUT2D eigenvalue weighted by Crippen LogP contribution is -2.45. The number of sulfone groups is 1. The van der Waals surface area contributed by atoms with E-state index in [4.69, 9.17) is 0 Å². The molecule has 1 saturated heterocycles. The molecule has 0 saturated carbocycles. The van der Waals surface area contributed by atoms with E-state index in [0.29, 0.717) is 12.4 Å². The number of hydrogen-bond donors (Lipinski definition) is 2. The molecule has 22 heavy (non-hydrogen) atoms. The minimum absolute atomic E-state index is 0.0388. The van der Waals surface area contributed by atoms with Crippen molar-refractivity contribution >= 4 is 21.5 Å². The normalized spacial score (nSPS) is 20.6. The molecule has 1 atom stereocenters. The van der Waals surface area contributed by atoms with Crippen LogP contribution in [0.15, 0.2) is 35.3 Å². The molecule has 1 aromatic carbocycles. The van der Waals surface area contributed by atoms with Crippen molar-refractivity contribution < 1.29 is 8.42 Å². The van der Waals surface area contributed by atoms with Gasteiger partial charge in [-0.05, 0) is 18.6 Å². The van der Waals surface area contributed by atoms with Crippen molar-refractivity contribution in [1.29, 1.82) is 0 Å². The quantitative estimate of drug-likeness (QED) is 0.609. The Balaban J connectivity index is 1.75. The fourth-order valence-corrected chi connectivity index (χ4v) is 4.12. The minimum atomic E-state index is -2.87. The lowest BCUT2D eigenvalue weighted by molar-refractivity contribution is 0.599. The molecule has 0 aromatic heterocycles. The van der Waals surface area contributed by atoms with Gasteiger partial charge < -0.3 is 15.5 Å². The molecular formula is C15H24N4O2S. The van der Waals surface area contributed by atoms with Crippen LogP contribution < -0.4 is 15.5 Å². The summed E-state index contributed by atoms with van der Waals surface area (Å²) in [6.07, 6.45) is 0.646. The summed E-state index contributed by atoms with van der Waals surface area (Å²) in [5, 5.41) is 6.40. The second kappa shape index (κ2) is 7.49. The van der Waals surface area contributed by atoms with E-state index >= 15 is 0 Å². The summed E-state index contributed by atoms with van der Waals surface area (Å²) in [5.41, 5.74) is 1.16. The van der Waals surface area contributed by atoms with Gasteiger partial charge in [-0.1, -0.05) is 18.2 Å². The second-order valence-electron chi connectivity index (χ2n) is 5.50. The Labute approximate surface area is 132 Å². The van der Waals surface area contributed by atoms with E-state index in [-0.39, 0.29) is 17.5 Å². The van der Waals surface area contributed by atoms with E-state index < -0.39 is 9.84 Å². The third-order valence-corrected chi connectivity index (χ3v) is 5.50. The molecule has 7 heteroatoms. The summed E-state index contributed by atoms with van der Waals surface area (Å²) in [6.45, 7) is 1.55. The second-order valence-corrected chi connectivity index (χ2v) is 7.73. The molecule has 0 bridgehead atoms. The largest absolute Gasteiger partial charge is 0.373 e. The molecule has 0 radical (unpaired) electrons. The van der Waals surface area contributed by atoms with Crippen molar-refractivity contribution in [1.82, 2.24) is 10.6 Å². The van der Waals surface area contributed by atoms with Gasteiger partial charge in [0.15, 0.2) is 15.8 Å². The van der Waals surface area contributed by atoms with Gasteiger partial charge in [0.05, 0.1) is 11.5 Å². The summed E-state index contributed by atoms with van der Waals surface area (Å²) in [6, 6.07) is 10.1. The summed E-state index contributed by atoms with van der Waals surface area (Å²) < 4.78 is 22.9. The Bertz CT molecular complexity index is 601. The fraction of sp³-hybridized carbons (Fsp3) is 0.533. The Morgan fingerprint density at radius 3 is 2.68 bits per heavy atom. The van der Waals surface area contributed by atoms with Gasteiger partial charge in [0.25, 0.3) is 0 Å². The highest BCUT2D eigenvalue weighted by Crippen LogP contribution is 2.11. The van der Waals surface area contributed by atoms with Gasteiger partial charge >= 0.3 is 0 Å². The number of nitrogens with one attached hydrogen (secondary N) is 2. The molecule has 0 aliphatic carbocycles. The first-order valence-electron chi connectivity index (χ1n) is 7.44. The minimum Gasteiger partial charge on any atom is -0.373 e. The molecular weight excluding hydrogens is 300 g/mol. The SMILES string of the molecule is CN=C(NCCN(C)c1ccccc1)NC1CCS(=O)(=O)C1. The third-order valence-electron chi connectivity index (χ3n) is 3.73. The maximum atomic E-state index is 11.5. The third kappa shape index (κ3) is 4.91. The average Bonchev–Trinajstić information content (AvgIpc) is 2.85. The monoisotopic (exact) mass is 324 g/mol. The van der Waals surface area contributed by atoms with Gasteiger partial charge in [-0.25, -0.2) is 8.42 Å². The first-order chi connectivity index (χ1) is 10.5. The highest BCUT2D eigenvalue weighted by Gasteiger charge is 2.28. The lowest BCUT2D eigenvalue weighted by atomic mass is 10.3. The molecule has 2 rings (SSSR count). The number of rotatable bonds is 5. The van der Waals surface area contributed by atoms with Crippen LogP contribution in [0.2, 0.25) is 0 Å². The Morgan fingerprint density at radius 2 is 2.09 bits per heavy atom. The predicted molar refractivity (Wildman–Crippen MR) is 91.3 cm³/mol. The number of nitrogens with zero attached hydrogens (tertiary/aromatic N) is 2. The van der Waals surface area contributed by atoms with E-state index in [2.05, 4.69) is 32.7 Å². The van der Waals surface area contributed by atoms with Gasteiger partial charge in [0.2, 0.25) is 0 Å². The zero-order valence-corrected chi connectivity index (χ0v) is 13.9. The van der Waals surface area contributed by atoms with Crippen LogP contribution in [0.4, 0.5) is 5.69 Å². The standard InChI is InChI=1S/C15H24N4O2S/c1-16-15(18-13-8-11-22(20,21)12-13)17-9-10-19(2)14-6-4-3-5-7-14/h3-7,13H,8-12H2,1-2H3,(H2,16,17,18). The van der Waals surface area contributed by atoms with Crippen molar-refractivity contribution in [2.24, 2.45) is 4.99 Å². The van der Waals surface area contributed by atoms with Crippen molar-refractivity contribution in [2.45, 2.75) is 12.5 Å². The molecule has 1 heterocycles. The molecule has 122 valence electrons. The van der Waals surface area contributed by atoms with Crippen molar-refractivity contribution in [3.63, 3.8) is 0 Å². The van der Waals surface area contributed by atoms with E-state index in [1.54, 1.807) is 7.05 Å². The summed E-state index contributed by atoms with van der Waals surface area (Å²) in [7, 11) is 0.860. The van der Waals surface area contributed by atoms with Crippen LogP contribution in [-0.4, -0.2) is 59.1 Å². The summed E-state index contributed by atoms with van der Waals surface area (Å²) in [5.74, 6) is 1.11. The summed E-state index contributed by atoms with van der Waals surface area (Å²) in [4.78, 5) is 6.30. The molecule has 2 N–H and O–H groups in total. The fourth-order valence-electron chi connectivity index (χ4n) is 2.45. The number of guanidine groups is 1. The van der Waals surface area contributed by atoms with E-state index in [1.807, 2.05) is 25.2 Å². The van der Waals surface area contributed by atoms with Gasteiger partial charge in [0, 0.05) is 38.9 Å². The molecule has 1 aliphatic heterocycles. The lowest BCUT2D eigenvalue weighted by Gasteiger charge is -2.21. The highest BCUT2D eigenvalue weighted by atomic mass is 32.2. The zero-order valence-electron chi connectivity index (χ0n) is 13.1. The maximum Gasteiger partial charge on any atom is 0.191 e. The predicted octanol–water partition coefficient (Wildman–Crippen LogP) is 0.475. The maximum absolute atomic E-state index is 11.5. The average molecular weight is 324 g/mol. The number of likely N-dealkylation sites (N-methyl/N-ethyl adjacent to an activating group) is 1. The van der Waals surface area contributed by atoms with E-state index in [0.717, 1.165) is 18.8 Å². The Hall–Kier alpha value is -1.76. The molecule has 1 aliphatic rings. The summed E-state index contributed by atoms with van der Waals surface area (Å²) >= 11 is 0. The first kappa shape index (κ1) is 16.6. The van der Waals surface area contributed by atoms with E-state index in [1.165, 1.54) is 0 Å². The van der Waals surface area contributed by atoms with Gasteiger partial charge in [0.1, 0.15) is 0 Å². The number of benzene rings is 1. The van der Waals surface area contributed by atoms with Gasteiger partial charge in [-0.3, -0.25) is 4.99 Å². The number of para-hydroxylation sites is 1. The number of hydrogen-bond acceptors (Lipinski definition) is 4. The van der Waals surface area contributed by atoms with Crippen LogP contribution in [0.5, 0.6) is 0 Å². The first-order valence-corrected chi connectivity index (χ1v) is 9.26. The van der Waals surface area contributed by atoms with Crippen LogP contribution in [0, 0.1) is 0 Å². The smallest absolute Gasteiger partial charge is 0.191 e. The van der Waals surface area contributed by atoms with Gasteiger partial charge in [-0.15, -0.1) is 0 Å². The van der Waals surface area contributed by atoms with Crippen LogP contribution >= 0.6 is 0 Å². The topological polar surface area (TPSA) is 73.8 Å². The molecule has 6 nitrogen and oxygen atoms in total. The number of aliphatic imine (C=N–C) groups is 1. The van der Waals surface area contributed by atoms with Crippen molar-refractivity contribution in [2.75, 3.05) is 43.6 Å². The van der Waals surface area contributed by atoms with Crippen LogP contribution in [0.25, 0.3) is 0 Å². The molecule has 0 spiro atoms. The Kier molecular flexibility index (Phi) is 5.65. The van der Waals surface area contributed by atoms with Crippen molar-refractivity contribution in [3.05, 3.63) is 30.3 Å². The Morgan fingerprint density at radius 1 is 1.36 bits per heavy atom. The van der Waals surface area contributed by atoms with Crippen LogP contribution in [0.1, 0.15) is 6.42 Å². The van der Waals surface area contributed by atoms with E-state index in [9.17, 15) is 8.42 Å². The molecule has 1 unspecified atom stereocenters. The number of anilines is 1.